The Labute approximate surface area is 199 Å². The summed E-state index contributed by atoms with van der Waals surface area (Å²) in [6, 6.07) is 20.2. The molecule has 0 saturated carbocycles. The number of sulfonamides is 1. The number of carbonyl (C=O) groups is 1. The Bertz CT molecular complexity index is 1160. The summed E-state index contributed by atoms with van der Waals surface area (Å²) in [5.41, 5.74) is 2.47. The number of nitrogens with one attached hydrogen (secondary N) is 1. The van der Waals surface area contributed by atoms with Crippen molar-refractivity contribution in [2.45, 2.75) is 31.2 Å². The highest BCUT2D eigenvalue weighted by molar-refractivity contribution is 7.89. The fourth-order valence-corrected chi connectivity index (χ4v) is 4.72. The van der Waals surface area contributed by atoms with Crippen molar-refractivity contribution in [3.63, 3.8) is 0 Å². The third-order valence-electron chi connectivity index (χ3n) is 4.90. The Hall–Kier alpha value is -2.38. The second-order valence-electron chi connectivity index (χ2n) is 7.68. The van der Waals surface area contributed by atoms with Gasteiger partial charge in [-0.2, -0.15) is 4.31 Å². The van der Waals surface area contributed by atoms with E-state index in [1.165, 1.54) is 24.3 Å². The second kappa shape index (κ2) is 10.5. The largest absolute Gasteiger partial charge is 0.325 e. The van der Waals surface area contributed by atoms with Gasteiger partial charge < -0.3 is 5.32 Å². The van der Waals surface area contributed by atoms with Crippen LogP contribution in [0.2, 0.25) is 10.0 Å². The molecule has 0 unspecified atom stereocenters. The second-order valence-corrected chi connectivity index (χ2v) is 10.5. The molecule has 0 bridgehead atoms. The maximum Gasteiger partial charge on any atom is 0.243 e. The number of nitrogens with zero attached hydrogens (tertiary/aromatic N) is 1. The summed E-state index contributed by atoms with van der Waals surface area (Å²) in [5, 5.41) is 3.75. The number of benzene rings is 3. The van der Waals surface area contributed by atoms with Gasteiger partial charge in [0.05, 0.1) is 11.4 Å². The van der Waals surface area contributed by atoms with Crippen molar-refractivity contribution in [2.24, 2.45) is 0 Å². The van der Waals surface area contributed by atoms with Gasteiger partial charge >= 0.3 is 0 Å². The van der Waals surface area contributed by atoms with Crippen LogP contribution in [0.1, 0.15) is 30.9 Å². The molecule has 1 amide bonds. The van der Waals surface area contributed by atoms with E-state index in [2.05, 4.69) is 19.2 Å². The third kappa shape index (κ3) is 6.33. The fourth-order valence-electron chi connectivity index (χ4n) is 3.09. The first-order valence-electron chi connectivity index (χ1n) is 10.0. The van der Waals surface area contributed by atoms with E-state index in [1.807, 2.05) is 24.3 Å². The zero-order valence-electron chi connectivity index (χ0n) is 17.8. The highest BCUT2D eigenvalue weighted by Crippen LogP contribution is 2.22. The maximum absolute atomic E-state index is 13.3. The van der Waals surface area contributed by atoms with Crippen molar-refractivity contribution >= 4 is 44.8 Å². The summed E-state index contributed by atoms with van der Waals surface area (Å²) >= 11 is 11.9. The van der Waals surface area contributed by atoms with Crippen molar-refractivity contribution in [1.29, 1.82) is 0 Å². The Morgan fingerprint density at radius 1 is 0.875 bits per heavy atom. The van der Waals surface area contributed by atoms with Crippen molar-refractivity contribution in [2.75, 3.05) is 11.9 Å². The first kappa shape index (κ1) is 24.3. The minimum atomic E-state index is -3.95. The summed E-state index contributed by atoms with van der Waals surface area (Å²) in [5.74, 6) is -0.0621. The van der Waals surface area contributed by atoms with Gasteiger partial charge in [-0.15, -0.1) is 0 Å². The van der Waals surface area contributed by atoms with Crippen LogP contribution in [0, 0.1) is 0 Å². The Morgan fingerprint density at radius 3 is 1.94 bits per heavy atom. The fraction of sp³-hybridized carbons (Fsp3) is 0.208. The molecule has 0 aliphatic carbocycles. The first-order valence-corrected chi connectivity index (χ1v) is 12.2. The molecule has 0 spiro atoms. The lowest BCUT2D eigenvalue weighted by Gasteiger charge is -2.22. The molecule has 3 rings (SSSR count). The Balaban J connectivity index is 1.83. The van der Waals surface area contributed by atoms with Crippen LogP contribution >= 0.6 is 23.2 Å². The van der Waals surface area contributed by atoms with Gasteiger partial charge in [0, 0.05) is 22.3 Å². The van der Waals surface area contributed by atoms with Crippen LogP contribution in [-0.2, 0) is 21.4 Å². The van der Waals surface area contributed by atoms with Gasteiger partial charge in [0.25, 0.3) is 0 Å². The van der Waals surface area contributed by atoms with Crippen LogP contribution < -0.4 is 5.32 Å². The predicted octanol–water partition coefficient (Wildman–Crippen LogP) is 5.95. The zero-order chi connectivity index (χ0) is 23.3. The number of hydrogen-bond donors (Lipinski definition) is 1. The summed E-state index contributed by atoms with van der Waals surface area (Å²) in [7, 11) is -3.95. The third-order valence-corrected chi connectivity index (χ3v) is 7.21. The quantitative estimate of drug-likeness (QED) is 0.424. The van der Waals surface area contributed by atoms with Gasteiger partial charge in [0.1, 0.15) is 0 Å². The van der Waals surface area contributed by atoms with Crippen molar-refractivity contribution < 1.29 is 13.2 Å². The van der Waals surface area contributed by atoms with E-state index in [9.17, 15) is 13.2 Å². The normalized spacial score (nSPS) is 11.7. The lowest BCUT2D eigenvalue weighted by Crippen LogP contribution is -2.37. The number of hydrogen-bond acceptors (Lipinski definition) is 3. The lowest BCUT2D eigenvalue weighted by molar-refractivity contribution is -0.116. The van der Waals surface area contributed by atoms with E-state index in [1.54, 1.807) is 24.3 Å². The molecule has 0 saturated heterocycles. The van der Waals surface area contributed by atoms with Crippen LogP contribution in [0.3, 0.4) is 0 Å². The number of rotatable bonds is 8. The summed E-state index contributed by atoms with van der Waals surface area (Å²) < 4.78 is 27.7. The Morgan fingerprint density at radius 2 is 1.41 bits per heavy atom. The molecule has 0 heterocycles. The minimum absolute atomic E-state index is 0.0157. The molecule has 0 aliphatic heterocycles. The van der Waals surface area contributed by atoms with E-state index in [0.717, 1.165) is 9.87 Å². The van der Waals surface area contributed by atoms with E-state index in [0.29, 0.717) is 27.2 Å². The van der Waals surface area contributed by atoms with Crippen LogP contribution in [-0.4, -0.2) is 25.2 Å². The van der Waals surface area contributed by atoms with Crippen molar-refractivity contribution in [1.82, 2.24) is 4.31 Å². The van der Waals surface area contributed by atoms with Gasteiger partial charge in [0.2, 0.25) is 15.9 Å². The molecule has 0 aliphatic rings. The highest BCUT2D eigenvalue weighted by atomic mass is 35.5. The summed E-state index contributed by atoms with van der Waals surface area (Å²) in [4.78, 5) is 12.8. The molecule has 0 radical (unpaired) electrons. The zero-order valence-corrected chi connectivity index (χ0v) is 20.1. The summed E-state index contributed by atoms with van der Waals surface area (Å²) in [6.45, 7) is 3.84. The standard InChI is InChI=1S/C24H24Cl2N2O3S/c1-17(2)19-5-11-22(12-6-19)27-24(29)16-28(15-18-3-7-20(25)8-4-18)32(30,31)23-13-9-21(26)10-14-23/h3-14,17H,15-16H2,1-2H3,(H,27,29). The topological polar surface area (TPSA) is 66.5 Å². The molecule has 32 heavy (non-hydrogen) atoms. The maximum atomic E-state index is 13.3. The number of carbonyl (C=O) groups excluding carboxylic acids is 1. The van der Waals surface area contributed by atoms with Gasteiger partial charge in [-0.1, -0.05) is 61.3 Å². The van der Waals surface area contributed by atoms with Crippen LogP contribution in [0.15, 0.2) is 77.7 Å². The van der Waals surface area contributed by atoms with E-state index >= 15 is 0 Å². The van der Waals surface area contributed by atoms with E-state index < -0.39 is 15.9 Å². The monoisotopic (exact) mass is 490 g/mol. The molecule has 1 N–H and O–H groups in total. The molecule has 0 fully saturated rings. The lowest BCUT2D eigenvalue weighted by atomic mass is 10.0. The van der Waals surface area contributed by atoms with E-state index in [-0.39, 0.29) is 18.0 Å². The number of halogens is 2. The van der Waals surface area contributed by atoms with Crippen LogP contribution in [0.4, 0.5) is 5.69 Å². The minimum Gasteiger partial charge on any atom is -0.325 e. The molecule has 0 atom stereocenters. The Kier molecular flexibility index (Phi) is 7.96. The van der Waals surface area contributed by atoms with Gasteiger partial charge in [-0.05, 0) is 65.6 Å². The van der Waals surface area contributed by atoms with Crippen molar-refractivity contribution in [3.05, 3.63) is 94.0 Å². The molecular weight excluding hydrogens is 467 g/mol. The van der Waals surface area contributed by atoms with Gasteiger partial charge in [-0.25, -0.2) is 8.42 Å². The summed E-state index contributed by atoms with van der Waals surface area (Å²) in [6.07, 6.45) is 0. The average Bonchev–Trinajstić information content (AvgIpc) is 2.75. The van der Waals surface area contributed by atoms with Crippen LogP contribution in [0.5, 0.6) is 0 Å². The molecule has 0 aromatic heterocycles. The smallest absolute Gasteiger partial charge is 0.243 e. The molecular formula is C24H24Cl2N2O3S. The average molecular weight is 491 g/mol. The molecule has 168 valence electrons. The number of amides is 1. The highest BCUT2D eigenvalue weighted by Gasteiger charge is 2.27. The van der Waals surface area contributed by atoms with Crippen molar-refractivity contribution in [3.8, 4) is 0 Å². The predicted molar refractivity (Wildman–Crippen MR) is 130 cm³/mol. The number of anilines is 1. The first-order chi connectivity index (χ1) is 15.1. The van der Waals surface area contributed by atoms with Crippen LogP contribution in [0.25, 0.3) is 0 Å². The molecule has 5 nitrogen and oxygen atoms in total. The SMILES string of the molecule is CC(C)c1ccc(NC(=O)CN(Cc2ccc(Cl)cc2)S(=O)(=O)c2ccc(Cl)cc2)cc1. The molecule has 8 heteroatoms. The van der Waals surface area contributed by atoms with Gasteiger partial charge in [0.15, 0.2) is 0 Å². The van der Waals surface area contributed by atoms with Gasteiger partial charge in [-0.3, -0.25) is 4.79 Å². The molecule has 3 aromatic rings. The van der Waals surface area contributed by atoms with E-state index in [4.69, 9.17) is 23.2 Å². The molecule has 3 aromatic carbocycles.